The van der Waals surface area contributed by atoms with E-state index in [-0.39, 0.29) is 11.7 Å². The number of carbonyl (C=O) groups excluding carboxylic acids is 1. The van der Waals surface area contributed by atoms with Gasteiger partial charge in [-0.05, 0) is 34.0 Å². The highest BCUT2D eigenvalue weighted by atomic mass is 19.1. The second-order valence-corrected chi connectivity index (χ2v) is 5.18. The summed E-state index contributed by atoms with van der Waals surface area (Å²) in [4.78, 5) is 11.6. The van der Waals surface area contributed by atoms with Crippen LogP contribution in [0.15, 0.2) is 60.7 Å². The molecule has 0 fully saturated rings. The summed E-state index contributed by atoms with van der Waals surface area (Å²) in [6, 6.07) is 18.3. The first kappa shape index (κ1) is 13.5. The van der Waals surface area contributed by atoms with E-state index in [0.29, 0.717) is 5.56 Å². The maximum absolute atomic E-state index is 13.1. The summed E-state index contributed by atoms with van der Waals surface area (Å²) in [7, 11) is 0. The van der Waals surface area contributed by atoms with E-state index in [1.165, 1.54) is 12.1 Å². The summed E-state index contributed by atoms with van der Waals surface area (Å²) in [5.74, 6) is -0.213. The molecule has 0 aromatic heterocycles. The SMILES string of the molecule is CC(c1ccc(F)cc1)c1ccc2ccccc2c1C=O. The molecule has 0 heterocycles. The van der Waals surface area contributed by atoms with E-state index in [9.17, 15) is 9.18 Å². The summed E-state index contributed by atoms with van der Waals surface area (Å²) in [6.45, 7) is 2.03. The van der Waals surface area contributed by atoms with Crippen LogP contribution in [0.3, 0.4) is 0 Å². The first-order valence-corrected chi connectivity index (χ1v) is 6.93. The van der Waals surface area contributed by atoms with Gasteiger partial charge in [-0.2, -0.15) is 0 Å². The van der Waals surface area contributed by atoms with Gasteiger partial charge in [0.1, 0.15) is 5.82 Å². The molecule has 3 rings (SSSR count). The molecule has 0 saturated heterocycles. The minimum Gasteiger partial charge on any atom is -0.298 e. The monoisotopic (exact) mass is 278 g/mol. The van der Waals surface area contributed by atoms with E-state index < -0.39 is 0 Å². The van der Waals surface area contributed by atoms with E-state index in [1.807, 2.05) is 43.3 Å². The van der Waals surface area contributed by atoms with Crippen LogP contribution in [0, 0.1) is 5.82 Å². The van der Waals surface area contributed by atoms with Crippen molar-refractivity contribution >= 4 is 17.1 Å². The molecule has 0 saturated carbocycles. The Balaban J connectivity index is 2.15. The summed E-state index contributed by atoms with van der Waals surface area (Å²) in [5.41, 5.74) is 2.68. The number of hydrogen-bond donors (Lipinski definition) is 0. The van der Waals surface area contributed by atoms with Gasteiger partial charge in [-0.25, -0.2) is 4.39 Å². The van der Waals surface area contributed by atoms with Crippen LogP contribution in [0.5, 0.6) is 0 Å². The molecule has 3 aromatic rings. The molecule has 0 N–H and O–H groups in total. The lowest BCUT2D eigenvalue weighted by Crippen LogP contribution is -2.01. The Morgan fingerprint density at radius 2 is 1.67 bits per heavy atom. The smallest absolute Gasteiger partial charge is 0.150 e. The largest absolute Gasteiger partial charge is 0.298 e. The summed E-state index contributed by atoms with van der Waals surface area (Å²) in [6.07, 6.45) is 0.914. The maximum Gasteiger partial charge on any atom is 0.150 e. The average Bonchev–Trinajstić information content (AvgIpc) is 2.53. The van der Waals surface area contributed by atoms with Crippen molar-refractivity contribution in [2.75, 3.05) is 0 Å². The molecular weight excluding hydrogens is 263 g/mol. The van der Waals surface area contributed by atoms with E-state index >= 15 is 0 Å². The number of halogens is 1. The van der Waals surface area contributed by atoms with Gasteiger partial charge in [-0.1, -0.05) is 55.5 Å². The van der Waals surface area contributed by atoms with Gasteiger partial charge >= 0.3 is 0 Å². The van der Waals surface area contributed by atoms with Crippen molar-refractivity contribution in [1.29, 1.82) is 0 Å². The molecule has 0 aliphatic carbocycles. The van der Waals surface area contributed by atoms with Gasteiger partial charge in [-0.15, -0.1) is 0 Å². The van der Waals surface area contributed by atoms with E-state index in [1.54, 1.807) is 12.1 Å². The highest BCUT2D eigenvalue weighted by Gasteiger charge is 2.14. The fraction of sp³-hybridized carbons (Fsp3) is 0.105. The van der Waals surface area contributed by atoms with Gasteiger partial charge in [0, 0.05) is 11.5 Å². The minimum atomic E-state index is -0.250. The Morgan fingerprint density at radius 1 is 0.952 bits per heavy atom. The van der Waals surface area contributed by atoms with Crippen molar-refractivity contribution in [1.82, 2.24) is 0 Å². The molecule has 2 heteroatoms. The predicted molar refractivity (Wildman–Crippen MR) is 83.3 cm³/mol. The number of fused-ring (bicyclic) bond motifs is 1. The zero-order valence-corrected chi connectivity index (χ0v) is 11.7. The molecule has 104 valence electrons. The quantitative estimate of drug-likeness (QED) is 0.620. The van der Waals surface area contributed by atoms with Crippen LogP contribution in [-0.2, 0) is 0 Å². The molecule has 0 radical (unpaired) electrons. The Bertz CT molecular complexity index is 790. The second-order valence-electron chi connectivity index (χ2n) is 5.18. The average molecular weight is 278 g/mol. The molecule has 1 unspecified atom stereocenters. The first-order valence-electron chi connectivity index (χ1n) is 6.93. The number of benzene rings is 3. The molecule has 0 amide bonds. The van der Waals surface area contributed by atoms with Gasteiger partial charge in [0.05, 0.1) is 0 Å². The van der Waals surface area contributed by atoms with Crippen LogP contribution in [0.2, 0.25) is 0 Å². The zero-order valence-electron chi connectivity index (χ0n) is 11.7. The Morgan fingerprint density at radius 3 is 2.38 bits per heavy atom. The van der Waals surface area contributed by atoms with Crippen molar-refractivity contribution < 1.29 is 9.18 Å². The third-order valence-corrected chi connectivity index (χ3v) is 3.96. The van der Waals surface area contributed by atoms with Crippen LogP contribution >= 0.6 is 0 Å². The van der Waals surface area contributed by atoms with Crippen LogP contribution in [0.25, 0.3) is 10.8 Å². The Labute approximate surface area is 123 Å². The fourth-order valence-electron chi connectivity index (χ4n) is 2.75. The molecule has 1 nitrogen and oxygen atoms in total. The van der Waals surface area contributed by atoms with E-state index in [0.717, 1.165) is 28.2 Å². The van der Waals surface area contributed by atoms with Gasteiger partial charge in [0.2, 0.25) is 0 Å². The first-order chi connectivity index (χ1) is 10.2. The van der Waals surface area contributed by atoms with Crippen molar-refractivity contribution in [3.8, 4) is 0 Å². The zero-order chi connectivity index (χ0) is 14.8. The second kappa shape index (κ2) is 5.49. The van der Waals surface area contributed by atoms with Crippen LogP contribution in [-0.4, -0.2) is 6.29 Å². The number of carbonyl (C=O) groups is 1. The van der Waals surface area contributed by atoms with Crippen molar-refractivity contribution in [2.45, 2.75) is 12.8 Å². The molecule has 0 aliphatic rings. The highest BCUT2D eigenvalue weighted by Crippen LogP contribution is 2.30. The molecule has 21 heavy (non-hydrogen) atoms. The van der Waals surface area contributed by atoms with Gasteiger partial charge < -0.3 is 0 Å². The Kier molecular flexibility index (Phi) is 3.53. The number of aldehydes is 1. The lowest BCUT2D eigenvalue weighted by atomic mass is 9.87. The van der Waals surface area contributed by atoms with Crippen LogP contribution in [0.1, 0.15) is 34.3 Å². The molecule has 1 atom stereocenters. The number of hydrogen-bond acceptors (Lipinski definition) is 1. The normalized spacial score (nSPS) is 12.3. The van der Waals surface area contributed by atoms with Crippen LogP contribution in [0.4, 0.5) is 4.39 Å². The van der Waals surface area contributed by atoms with Gasteiger partial charge in [0.25, 0.3) is 0 Å². The molecule has 3 aromatic carbocycles. The van der Waals surface area contributed by atoms with Gasteiger partial charge in [-0.3, -0.25) is 4.79 Å². The molecule has 0 bridgehead atoms. The topological polar surface area (TPSA) is 17.1 Å². The van der Waals surface area contributed by atoms with Crippen molar-refractivity contribution in [3.63, 3.8) is 0 Å². The van der Waals surface area contributed by atoms with Crippen LogP contribution < -0.4 is 0 Å². The summed E-state index contributed by atoms with van der Waals surface area (Å²) >= 11 is 0. The summed E-state index contributed by atoms with van der Waals surface area (Å²) in [5, 5.41) is 2.01. The van der Waals surface area contributed by atoms with Crippen molar-refractivity contribution in [2.24, 2.45) is 0 Å². The third kappa shape index (κ3) is 2.45. The third-order valence-electron chi connectivity index (χ3n) is 3.96. The molecule has 0 aliphatic heterocycles. The lowest BCUT2D eigenvalue weighted by molar-refractivity contribution is 0.112. The summed E-state index contributed by atoms with van der Waals surface area (Å²) < 4.78 is 13.1. The molecule has 0 spiro atoms. The predicted octanol–water partition coefficient (Wildman–Crippen LogP) is 4.94. The maximum atomic E-state index is 13.1. The van der Waals surface area contributed by atoms with E-state index in [2.05, 4.69) is 0 Å². The number of rotatable bonds is 3. The standard InChI is InChI=1S/C19H15FO/c1-13(14-6-9-16(20)10-7-14)17-11-8-15-4-2-3-5-18(15)19(17)12-21/h2-13H,1H3. The van der Waals surface area contributed by atoms with E-state index in [4.69, 9.17) is 0 Å². The Hall–Kier alpha value is -2.48. The minimum absolute atomic E-state index is 0.0374. The van der Waals surface area contributed by atoms with Gasteiger partial charge in [0.15, 0.2) is 6.29 Å². The fourth-order valence-corrected chi connectivity index (χ4v) is 2.75. The molecular formula is C19H15FO. The van der Waals surface area contributed by atoms with Crippen molar-refractivity contribution in [3.05, 3.63) is 83.2 Å². The highest BCUT2D eigenvalue weighted by molar-refractivity contribution is 5.99. The lowest BCUT2D eigenvalue weighted by Gasteiger charge is -2.16.